The van der Waals surface area contributed by atoms with Gasteiger partial charge in [0.1, 0.15) is 5.82 Å². The summed E-state index contributed by atoms with van der Waals surface area (Å²) < 4.78 is 39.5. The molecule has 0 aliphatic heterocycles. The van der Waals surface area contributed by atoms with Crippen LogP contribution in [0.5, 0.6) is 0 Å². The van der Waals surface area contributed by atoms with Crippen LogP contribution in [0.25, 0.3) is 0 Å². The molecule has 2 rings (SSSR count). The summed E-state index contributed by atoms with van der Waals surface area (Å²) in [5.41, 5.74) is 0.863. The Morgan fingerprint density at radius 3 is 2.35 bits per heavy atom. The molecule has 140 valence electrons. The number of nitrogens with one attached hydrogen (secondary N) is 2. The molecule has 1 amide bonds. The monoisotopic (exact) mass is 379 g/mol. The summed E-state index contributed by atoms with van der Waals surface area (Å²) in [7, 11) is -3.59. The first kappa shape index (κ1) is 19.9. The molecule has 2 aromatic rings. The van der Waals surface area contributed by atoms with Crippen molar-refractivity contribution in [3.8, 4) is 0 Å². The normalized spacial score (nSPS) is 11.4. The van der Waals surface area contributed by atoms with Crippen molar-refractivity contribution in [3.05, 3.63) is 54.3 Å². The minimum absolute atomic E-state index is 0.0729. The maximum Gasteiger partial charge on any atom is 0.243 e. The van der Waals surface area contributed by atoms with Crippen LogP contribution in [0.1, 0.15) is 13.8 Å². The molecule has 2 aromatic carbocycles. The number of rotatable bonds is 8. The quantitative estimate of drug-likeness (QED) is 0.739. The van der Waals surface area contributed by atoms with Gasteiger partial charge in [-0.25, -0.2) is 12.8 Å². The lowest BCUT2D eigenvalue weighted by molar-refractivity contribution is -0.114. The van der Waals surface area contributed by atoms with E-state index in [1.807, 2.05) is 0 Å². The number of benzene rings is 2. The number of hydrogen-bond donors (Lipinski definition) is 2. The Labute approximate surface area is 153 Å². The highest BCUT2D eigenvalue weighted by atomic mass is 32.2. The molecule has 0 saturated heterocycles. The van der Waals surface area contributed by atoms with Gasteiger partial charge in [-0.1, -0.05) is 26.0 Å². The molecule has 0 aliphatic carbocycles. The molecule has 0 radical (unpaired) electrons. The predicted molar refractivity (Wildman–Crippen MR) is 100 cm³/mol. The van der Waals surface area contributed by atoms with Gasteiger partial charge < -0.3 is 10.6 Å². The van der Waals surface area contributed by atoms with Crippen LogP contribution in [0.4, 0.5) is 15.8 Å². The largest absolute Gasteiger partial charge is 0.376 e. The van der Waals surface area contributed by atoms with Crippen LogP contribution in [-0.2, 0) is 14.8 Å². The van der Waals surface area contributed by atoms with Crippen LogP contribution < -0.4 is 10.6 Å². The average molecular weight is 379 g/mol. The topological polar surface area (TPSA) is 78.5 Å². The van der Waals surface area contributed by atoms with E-state index in [4.69, 9.17) is 0 Å². The summed E-state index contributed by atoms with van der Waals surface area (Å²) in [6.45, 7) is 4.20. The van der Waals surface area contributed by atoms with Gasteiger partial charge >= 0.3 is 0 Å². The minimum atomic E-state index is -3.59. The van der Waals surface area contributed by atoms with Gasteiger partial charge in [-0.2, -0.15) is 4.31 Å². The highest BCUT2D eigenvalue weighted by Crippen LogP contribution is 2.19. The number of anilines is 2. The second-order valence-electron chi connectivity index (χ2n) is 5.53. The third-order valence-electron chi connectivity index (χ3n) is 3.74. The number of carbonyl (C=O) groups is 1. The van der Waals surface area contributed by atoms with Crippen LogP contribution in [0.3, 0.4) is 0 Å². The number of amides is 1. The third-order valence-corrected chi connectivity index (χ3v) is 5.78. The number of nitrogens with zero attached hydrogens (tertiary/aromatic N) is 1. The van der Waals surface area contributed by atoms with E-state index in [-0.39, 0.29) is 17.3 Å². The van der Waals surface area contributed by atoms with Crippen molar-refractivity contribution in [2.45, 2.75) is 18.7 Å². The molecule has 0 aromatic heterocycles. The first-order valence-corrected chi connectivity index (χ1v) is 9.70. The molecule has 0 fully saturated rings. The maximum atomic E-state index is 13.1. The summed E-state index contributed by atoms with van der Waals surface area (Å²) in [5.74, 6) is -0.767. The first-order valence-electron chi connectivity index (χ1n) is 8.26. The fourth-order valence-corrected chi connectivity index (χ4v) is 3.94. The number of sulfonamides is 1. The molecule has 26 heavy (non-hydrogen) atoms. The van der Waals surface area contributed by atoms with E-state index < -0.39 is 15.8 Å². The van der Waals surface area contributed by atoms with Gasteiger partial charge in [0.05, 0.1) is 11.4 Å². The van der Waals surface area contributed by atoms with Crippen LogP contribution >= 0.6 is 0 Å². The second-order valence-corrected chi connectivity index (χ2v) is 7.47. The SMILES string of the molecule is CCN(CC)S(=O)(=O)c1cccc(NC(=O)CNc2cccc(F)c2)c1. The van der Waals surface area contributed by atoms with E-state index in [0.29, 0.717) is 24.5 Å². The molecule has 0 heterocycles. The van der Waals surface area contributed by atoms with E-state index in [1.54, 1.807) is 32.0 Å². The van der Waals surface area contributed by atoms with Gasteiger partial charge in [-0.05, 0) is 36.4 Å². The van der Waals surface area contributed by atoms with Crippen molar-refractivity contribution < 1.29 is 17.6 Å². The van der Waals surface area contributed by atoms with Crippen molar-refractivity contribution in [1.82, 2.24) is 4.31 Å². The number of halogens is 1. The van der Waals surface area contributed by atoms with Crippen molar-refractivity contribution in [3.63, 3.8) is 0 Å². The van der Waals surface area contributed by atoms with Gasteiger partial charge in [0.25, 0.3) is 0 Å². The summed E-state index contributed by atoms with van der Waals surface area (Å²) in [6, 6.07) is 11.9. The minimum Gasteiger partial charge on any atom is -0.376 e. The molecule has 0 saturated carbocycles. The van der Waals surface area contributed by atoms with Crippen molar-refractivity contribution in [2.75, 3.05) is 30.3 Å². The molecule has 6 nitrogen and oxygen atoms in total. The smallest absolute Gasteiger partial charge is 0.243 e. The Morgan fingerprint density at radius 2 is 1.69 bits per heavy atom. The van der Waals surface area contributed by atoms with Crippen LogP contribution in [0, 0.1) is 5.82 Å². The summed E-state index contributed by atoms with van der Waals surface area (Å²) in [4.78, 5) is 12.2. The fraction of sp³-hybridized carbons (Fsp3) is 0.278. The average Bonchev–Trinajstić information content (AvgIpc) is 2.61. The Kier molecular flexibility index (Phi) is 6.70. The highest BCUT2D eigenvalue weighted by molar-refractivity contribution is 7.89. The summed E-state index contributed by atoms with van der Waals surface area (Å²) >= 11 is 0. The van der Waals surface area contributed by atoms with E-state index in [9.17, 15) is 17.6 Å². The Hall–Kier alpha value is -2.45. The predicted octanol–water partition coefficient (Wildman–Crippen LogP) is 2.91. The number of carbonyl (C=O) groups excluding carboxylic acids is 1. The van der Waals surface area contributed by atoms with E-state index in [2.05, 4.69) is 10.6 Å². The van der Waals surface area contributed by atoms with Crippen LogP contribution in [0.2, 0.25) is 0 Å². The zero-order valence-corrected chi connectivity index (χ0v) is 15.5. The molecule has 0 atom stereocenters. The molecule has 0 spiro atoms. The van der Waals surface area contributed by atoms with Crippen molar-refractivity contribution >= 4 is 27.3 Å². The van der Waals surface area contributed by atoms with Crippen molar-refractivity contribution in [2.24, 2.45) is 0 Å². The van der Waals surface area contributed by atoms with Gasteiger partial charge in [0.15, 0.2) is 0 Å². The molecule has 2 N–H and O–H groups in total. The van der Waals surface area contributed by atoms with E-state index in [0.717, 1.165) is 0 Å². The lowest BCUT2D eigenvalue weighted by atomic mass is 10.3. The molecule has 8 heteroatoms. The summed E-state index contributed by atoms with van der Waals surface area (Å²) in [5, 5.41) is 5.44. The van der Waals surface area contributed by atoms with E-state index in [1.165, 1.54) is 34.6 Å². The standard InChI is InChI=1S/C18H22FN3O3S/c1-3-22(4-2)26(24,25)17-10-6-9-16(12-17)21-18(23)13-20-15-8-5-7-14(19)11-15/h5-12,20H,3-4,13H2,1-2H3,(H,21,23). The third kappa shape index (κ3) is 5.03. The summed E-state index contributed by atoms with van der Waals surface area (Å²) in [6.07, 6.45) is 0. The molecule has 0 aliphatic rings. The first-order chi connectivity index (χ1) is 12.4. The van der Waals surface area contributed by atoms with E-state index >= 15 is 0 Å². The van der Waals surface area contributed by atoms with Gasteiger partial charge in [-0.15, -0.1) is 0 Å². The zero-order valence-electron chi connectivity index (χ0n) is 14.7. The van der Waals surface area contributed by atoms with Gasteiger partial charge in [-0.3, -0.25) is 4.79 Å². The van der Waals surface area contributed by atoms with Gasteiger partial charge in [0.2, 0.25) is 15.9 Å². The molecule has 0 unspecified atom stereocenters. The van der Waals surface area contributed by atoms with Crippen molar-refractivity contribution in [1.29, 1.82) is 0 Å². The van der Waals surface area contributed by atoms with Gasteiger partial charge in [0, 0.05) is 24.5 Å². The second kappa shape index (κ2) is 8.77. The fourth-order valence-electron chi connectivity index (χ4n) is 2.43. The Morgan fingerprint density at radius 1 is 1.04 bits per heavy atom. The Bertz CT molecular complexity index is 867. The highest BCUT2D eigenvalue weighted by Gasteiger charge is 2.21. The zero-order chi connectivity index (χ0) is 19.2. The van der Waals surface area contributed by atoms with Crippen LogP contribution in [0.15, 0.2) is 53.4 Å². The van der Waals surface area contributed by atoms with Crippen LogP contribution in [-0.4, -0.2) is 38.3 Å². The Balaban J connectivity index is 2.05. The number of hydrogen-bond acceptors (Lipinski definition) is 4. The lowest BCUT2D eigenvalue weighted by Crippen LogP contribution is -2.30. The molecular formula is C18H22FN3O3S. The lowest BCUT2D eigenvalue weighted by Gasteiger charge is -2.18. The molecule has 0 bridgehead atoms. The maximum absolute atomic E-state index is 13.1. The molecular weight excluding hydrogens is 357 g/mol.